The van der Waals surface area contributed by atoms with E-state index in [1.165, 1.54) is 86.3 Å². The first-order valence-electron chi connectivity index (χ1n) is 20.7. The van der Waals surface area contributed by atoms with Crippen LogP contribution in [0.2, 0.25) is 0 Å². The van der Waals surface area contributed by atoms with Crippen LogP contribution >= 0.6 is 0 Å². The molecule has 0 saturated carbocycles. The van der Waals surface area contributed by atoms with Crippen LogP contribution in [0.1, 0.15) is 164 Å². The summed E-state index contributed by atoms with van der Waals surface area (Å²) in [4.78, 5) is 0. The Hall–Kier alpha value is -2.89. The molecule has 0 radical (unpaired) electrons. The Morgan fingerprint density at radius 3 is 1.39 bits per heavy atom. The van der Waals surface area contributed by atoms with Crippen LogP contribution in [0.3, 0.4) is 0 Å². The predicted molar refractivity (Wildman–Crippen MR) is 244 cm³/mol. The fraction of sp³-hybridized carbons (Fsp3) is 0.473. The molecule has 0 heterocycles. The number of hydrogen-bond acceptors (Lipinski definition) is 0. The van der Waals surface area contributed by atoms with E-state index < -0.39 is 0 Å². The minimum atomic E-state index is 0.167. The average Bonchev–Trinajstić information content (AvgIpc) is 3.74. The van der Waals surface area contributed by atoms with E-state index in [4.69, 9.17) is 0 Å². The Labute approximate surface area is 361 Å². The second kappa shape index (κ2) is 20.7. The molecule has 0 aromatic heterocycles. The number of hydrogen-bond donors (Lipinski definition) is 0. The van der Waals surface area contributed by atoms with Gasteiger partial charge in [0.15, 0.2) is 0 Å². The summed E-state index contributed by atoms with van der Waals surface area (Å²) < 4.78 is 3.34. The van der Waals surface area contributed by atoms with Gasteiger partial charge in [-0.3, -0.25) is 6.08 Å². The minimum absolute atomic E-state index is 0.167. The van der Waals surface area contributed by atoms with Gasteiger partial charge in [-0.15, -0.1) is 11.1 Å². The van der Waals surface area contributed by atoms with Crippen molar-refractivity contribution in [1.82, 2.24) is 0 Å². The van der Waals surface area contributed by atoms with E-state index >= 15 is 0 Å². The Morgan fingerprint density at radius 2 is 1.04 bits per heavy atom. The first-order chi connectivity index (χ1) is 25.9. The molecule has 0 N–H and O–H groups in total. The Bertz CT molecular complexity index is 1740. The molecule has 0 nitrogen and oxygen atoms in total. The van der Waals surface area contributed by atoms with E-state index in [9.17, 15) is 0 Å². The van der Waals surface area contributed by atoms with Crippen LogP contribution in [0.15, 0.2) is 96.1 Å². The molecule has 6 rings (SSSR count). The van der Waals surface area contributed by atoms with Crippen molar-refractivity contribution in [2.75, 3.05) is 0 Å². The van der Waals surface area contributed by atoms with E-state index in [0.717, 1.165) is 12.8 Å². The van der Waals surface area contributed by atoms with E-state index in [-0.39, 0.29) is 21.7 Å². The van der Waals surface area contributed by atoms with Crippen LogP contribution in [0.25, 0.3) is 11.1 Å². The van der Waals surface area contributed by atoms with E-state index in [1.807, 2.05) is 24.3 Å². The number of rotatable bonds is 2. The van der Waals surface area contributed by atoms with Crippen LogP contribution in [-0.2, 0) is 52.3 Å². The van der Waals surface area contributed by atoms with Crippen molar-refractivity contribution >= 4 is 4.21 Å². The first-order valence-corrected chi connectivity index (χ1v) is 22.4. The number of benzene rings is 4. The average molecular weight is 826 g/mol. The second-order valence-electron chi connectivity index (χ2n) is 20.2. The molecule has 302 valence electrons. The fourth-order valence-corrected chi connectivity index (χ4v) is 6.66. The Kier molecular flexibility index (Phi) is 18.2. The van der Waals surface area contributed by atoms with Gasteiger partial charge in [0, 0.05) is 0 Å². The summed E-state index contributed by atoms with van der Waals surface area (Å²) in [5.74, 6) is 0.573. The van der Waals surface area contributed by atoms with Gasteiger partial charge >= 0.3 is 28.4 Å². The van der Waals surface area contributed by atoms with Crippen LogP contribution in [0.4, 0.5) is 0 Å². The van der Waals surface area contributed by atoms with Gasteiger partial charge in [0.05, 0.1) is 0 Å². The van der Waals surface area contributed by atoms with Crippen LogP contribution in [0.5, 0.6) is 0 Å². The van der Waals surface area contributed by atoms with Gasteiger partial charge in [0.1, 0.15) is 0 Å². The molecule has 1 heteroatoms. The molecule has 0 amide bonds. The van der Waals surface area contributed by atoms with Crippen molar-refractivity contribution in [2.24, 2.45) is 11.3 Å². The molecule has 4 aromatic carbocycles. The van der Waals surface area contributed by atoms with Crippen molar-refractivity contribution in [1.29, 1.82) is 0 Å². The van der Waals surface area contributed by atoms with Crippen molar-refractivity contribution in [2.45, 2.75) is 159 Å². The summed E-state index contributed by atoms with van der Waals surface area (Å²) in [6.07, 6.45) is 9.31. The molecule has 0 bridgehead atoms. The molecular weight excluding hydrogens is 752 g/mol. The summed E-state index contributed by atoms with van der Waals surface area (Å²) in [5.41, 5.74) is 15.2. The summed E-state index contributed by atoms with van der Waals surface area (Å²) >= 11 is 1.30. The molecule has 1 unspecified atom stereocenters. The second-order valence-corrected chi connectivity index (χ2v) is 20.2. The summed E-state index contributed by atoms with van der Waals surface area (Å²) in [5, 5.41) is 0. The third-order valence-electron chi connectivity index (χ3n) is 10.3. The van der Waals surface area contributed by atoms with Crippen molar-refractivity contribution in [3.05, 3.63) is 154 Å². The van der Waals surface area contributed by atoms with Crippen molar-refractivity contribution in [3.8, 4) is 11.1 Å². The van der Waals surface area contributed by atoms with Gasteiger partial charge in [-0.2, -0.15) is 107 Å². The first kappa shape index (κ1) is 49.3. The maximum atomic E-state index is 3.67. The van der Waals surface area contributed by atoms with Crippen LogP contribution in [0, 0.1) is 35.6 Å². The third kappa shape index (κ3) is 14.8. The Balaban J connectivity index is 0.000000268. The Morgan fingerprint density at radius 1 is 0.571 bits per heavy atom. The van der Waals surface area contributed by atoms with Crippen molar-refractivity contribution < 1.29 is 24.2 Å². The summed E-state index contributed by atoms with van der Waals surface area (Å²) in [6.45, 7) is 38.2. The zero-order chi connectivity index (χ0) is 42.7. The maximum absolute atomic E-state index is 3.67. The molecule has 1 atom stereocenters. The van der Waals surface area contributed by atoms with E-state index in [1.54, 1.807) is 0 Å². The molecule has 2 aliphatic carbocycles. The van der Waals surface area contributed by atoms with E-state index in [0.29, 0.717) is 11.3 Å². The number of allylic oxidation sites excluding steroid dienone is 4. The van der Waals surface area contributed by atoms with Crippen LogP contribution < -0.4 is 0 Å². The molecule has 4 aromatic rings. The molecule has 2 aliphatic rings. The van der Waals surface area contributed by atoms with Crippen LogP contribution in [-0.4, -0.2) is 4.21 Å². The summed E-state index contributed by atoms with van der Waals surface area (Å²) in [6, 6.07) is 37.5. The molecular formula is C55H74Zr-4. The van der Waals surface area contributed by atoms with E-state index in [2.05, 4.69) is 207 Å². The van der Waals surface area contributed by atoms with Gasteiger partial charge in [-0.1, -0.05) is 166 Å². The zero-order valence-corrected chi connectivity index (χ0v) is 40.9. The topological polar surface area (TPSA) is 0 Å². The normalized spacial score (nSPS) is 14.8. The third-order valence-corrected chi connectivity index (χ3v) is 10.3. The predicted octanol–water partition coefficient (Wildman–Crippen LogP) is 15.3. The molecule has 0 saturated heterocycles. The van der Waals surface area contributed by atoms with Gasteiger partial charge in [0.2, 0.25) is 0 Å². The van der Waals surface area contributed by atoms with Gasteiger partial charge < -0.3 is 0 Å². The quantitative estimate of drug-likeness (QED) is 0.156. The molecule has 56 heavy (non-hydrogen) atoms. The molecule has 0 aliphatic heterocycles. The summed E-state index contributed by atoms with van der Waals surface area (Å²) in [7, 11) is 0. The standard InChI is InChI=1S/C21H25.C13H21.2C10H13.CH2.Zr/c1-20(2,3)16-7-9-18-14(12-16)11-15-13-17(21(4,5)6)8-10-19(15)18;1-6-10-8-11(7-2)12(9-10)13(3,4)5;2*1-10(2,3)9-7-5-4-6-8-9;;/h7-10,12H,11H2,1-6H3;9-10H,6-7H2,1-5H3;2*5-8H,1-3H3;1H2;/q4*-1;;. The SMILES string of the molecule is CC(C)(C)c1[c-]c2c(cc1)-c1ccc(C(C)(C)C)cc1C2.CC(C)(C)c1cc[c-]cc1.CC(C)(C)c1cc[c-]cc1.CCC1=[C-]C(CC)C=C1C(C)(C)C.[CH2]=[Zr]. The van der Waals surface area contributed by atoms with Gasteiger partial charge in [0.25, 0.3) is 0 Å². The van der Waals surface area contributed by atoms with Gasteiger partial charge in [-0.05, 0) is 39.2 Å². The van der Waals surface area contributed by atoms with Gasteiger partial charge in [-0.25, -0.2) is 5.57 Å². The number of fused-ring (bicyclic) bond motifs is 3. The zero-order valence-electron chi connectivity index (χ0n) is 38.5. The monoisotopic (exact) mass is 824 g/mol. The van der Waals surface area contributed by atoms with Crippen molar-refractivity contribution in [3.63, 3.8) is 0 Å². The molecule has 0 spiro atoms. The fourth-order valence-electron chi connectivity index (χ4n) is 6.66. The molecule has 0 fully saturated rings.